The lowest BCUT2D eigenvalue weighted by molar-refractivity contribution is -0.386. The number of benzene rings is 1. The molecule has 0 saturated carbocycles. The summed E-state index contributed by atoms with van der Waals surface area (Å²) >= 11 is 0. The molecule has 0 atom stereocenters. The number of nitro benzene ring substituents is 1. The van der Waals surface area contributed by atoms with E-state index in [1.54, 1.807) is 33.8 Å². The number of aryl methyl sites for hydroxylation is 2. The fraction of sp³-hybridized carbons (Fsp3) is 0.462. The molecular formula is C13H18N2O3. The summed E-state index contributed by atoms with van der Waals surface area (Å²) in [5.41, 5.74) is 2.57. The van der Waals surface area contributed by atoms with Crippen molar-refractivity contribution in [2.45, 2.75) is 34.6 Å². The lowest BCUT2D eigenvalue weighted by Gasteiger charge is -2.14. The van der Waals surface area contributed by atoms with Crippen LogP contribution in [0.5, 0.6) is 0 Å². The Morgan fingerprint density at radius 3 is 2.28 bits per heavy atom. The van der Waals surface area contributed by atoms with E-state index in [-0.39, 0.29) is 17.5 Å². The zero-order valence-electron chi connectivity index (χ0n) is 11.3. The molecular weight excluding hydrogens is 232 g/mol. The molecule has 1 rings (SSSR count). The minimum atomic E-state index is -0.408. The molecule has 0 fully saturated rings. The van der Waals surface area contributed by atoms with Crippen LogP contribution in [0.3, 0.4) is 0 Å². The first-order chi connectivity index (χ1) is 8.25. The van der Waals surface area contributed by atoms with Crippen molar-refractivity contribution in [1.82, 2.24) is 0 Å². The highest BCUT2D eigenvalue weighted by atomic mass is 16.6. The number of nitro groups is 1. The first kappa shape index (κ1) is 14.2. The molecule has 0 aliphatic heterocycles. The van der Waals surface area contributed by atoms with Gasteiger partial charge in [-0.3, -0.25) is 14.9 Å². The van der Waals surface area contributed by atoms with Gasteiger partial charge in [-0.25, -0.2) is 0 Å². The van der Waals surface area contributed by atoms with Crippen LogP contribution in [0.1, 0.15) is 30.5 Å². The molecule has 0 unspecified atom stereocenters. The molecule has 5 heteroatoms. The highest BCUT2D eigenvalue weighted by molar-refractivity contribution is 5.94. The van der Waals surface area contributed by atoms with Crippen molar-refractivity contribution in [2.75, 3.05) is 5.32 Å². The predicted octanol–water partition coefficient (Wildman–Crippen LogP) is 3.11. The van der Waals surface area contributed by atoms with E-state index >= 15 is 0 Å². The first-order valence-corrected chi connectivity index (χ1v) is 5.81. The van der Waals surface area contributed by atoms with Crippen LogP contribution in [-0.4, -0.2) is 10.8 Å². The molecule has 18 heavy (non-hydrogen) atoms. The van der Waals surface area contributed by atoms with Crippen molar-refractivity contribution < 1.29 is 9.72 Å². The quantitative estimate of drug-likeness (QED) is 0.661. The van der Waals surface area contributed by atoms with Gasteiger partial charge >= 0.3 is 0 Å². The van der Waals surface area contributed by atoms with Gasteiger partial charge in [0.2, 0.25) is 5.91 Å². The fourth-order valence-electron chi connectivity index (χ4n) is 1.92. The van der Waals surface area contributed by atoms with E-state index in [1.807, 2.05) is 6.92 Å². The van der Waals surface area contributed by atoms with Crippen molar-refractivity contribution >= 4 is 17.3 Å². The van der Waals surface area contributed by atoms with Crippen molar-refractivity contribution in [1.29, 1.82) is 0 Å². The second-order valence-electron chi connectivity index (χ2n) is 4.76. The number of carbonyl (C=O) groups is 1. The third-order valence-electron chi connectivity index (χ3n) is 2.89. The van der Waals surface area contributed by atoms with Gasteiger partial charge in [-0.15, -0.1) is 0 Å². The Labute approximate surface area is 106 Å². The number of amides is 1. The van der Waals surface area contributed by atoms with Crippen molar-refractivity contribution in [3.8, 4) is 0 Å². The summed E-state index contributed by atoms with van der Waals surface area (Å²) in [6, 6.07) is 1.72. The van der Waals surface area contributed by atoms with E-state index in [0.717, 1.165) is 5.56 Å². The molecule has 1 aromatic carbocycles. The van der Waals surface area contributed by atoms with Gasteiger partial charge in [0.05, 0.1) is 16.2 Å². The maximum Gasteiger partial charge on any atom is 0.277 e. The summed E-state index contributed by atoms with van der Waals surface area (Å²) in [4.78, 5) is 22.3. The Morgan fingerprint density at radius 1 is 1.28 bits per heavy atom. The molecule has 5 nitrogen and oxygen atoms in total. The third-order valence-corrected chi connectivity index (χ3v) is 2.89. The van der Waals surface area contributed by atoms with Gasteiger partial charge in [-0.2, -0.15) is 0 Å². The summed E-state index contributed by atoms with van der Waals surface area (Å²) in [6.07, 6.45) is 0. The Morgan fingerprint density at radius 2 is 1.83 bits per heavy atom. The minimum Gasteiger partial charge on any atom is -0.325 e. The van der Waals surface area contributed by atoms with Crippen LogP contribution in [0.25, 0.3) is 0 Å². The van der Waals surface area contributed by atoms with Crippen LogP contribution in [-0.2, 0) is 4.79 Å². The Kier molecular flexibility index (Phi) is 4.06. The van der Waals surface area contributed by atoms with Crippen LogP contribution < -0.4 is 5.32 Å². The molecule has 0 bridgehead atoms. The first-order valence-electron chi connectivity index (χ1n) is 5.81. The average molecular weight is 250 g/mol. The van der Waals surface area contributed by atoms with E-state index in [4.69, 9.17) is 0 Å². The smallest absolute Gasteiger partial charge is 0.277 e. The van der Waals surface area contributed by atoms with Crippen LogP contribution in [0.4, 0.5) is 11.4 Å². The molecule has 0 aliphatic carbocycles. The number of rotatable bonds is 3. The zero-order valence-corrected chi connectivity index (χ0v) is 11.3. The van der Waals surface area contributed by atoms with Crippen LogP contribution >= 0.6 is 0 Å². The molecule has 0 saturated heterocycles. The molecule has 0 radical (unpaired) electrons. The topological polar surface area (TPSA) is 72.2 Å². The molecule has 1 aromatic rings. The highest BCUT2D eigenvalue weighted by Crippen LogP contribution is 2.32. The second-order valence-corrected chi connectivity index (χ2v) is 4.76. The van der Waals surface area contributed by atoms with E-state index in [2.05, 4.69) is 5.32 Å². The monoisotopic (exact) mass is 250 g/mol. The Balaban J connectivity index is 3.32. The van der Waals surface area contributed by atoms with Gasteiger partial charge in [-0.1, -0.05) is 13.8 Å². The van der Waals surface area contributed by atoms with E-state index < -0.39 is 4.92 Å². The number of anilines is 1. The normalized spacial score (nSPS) is 10.6. The molecule has 1 amide bonds. The maximum absolute atomic E-state index is 11.7. The van der Waals surface area contributed by atoms with Gasteiger partial charge in [0.15, 0.2) is 0 Å². The van der Waals surface area contributed by atoms with Crippen molar-refractivity contribution in [3.63, 3.8) is 0 Å². The standard InChI is InChI=1S/C13H18N2O3/c1-7(2)13(16)14-11-8(3)6-9(4)12(10(11)5)15(17)18/h6-7H,1-5H3,(H,14,16). The zero-order chi connectivity index (χ0) is 14.0. The summed E-state index contributed by atoms with van der Waals surface area (Å²) in [6.45, 7) is 8.76. The van der Waals surface area contributed by atoms with Crippen molar-refractivity contribution in [3.05, 3.63) is 32.9 Å². The van der Waals surface area contributed by atoms with Gasteiger partial charge in [0.1, 0.15) is 0 Å². The molecule has 98 valence electrons. The number of nitrogens with zero attached hydrogens (tertiary/aromatic N) is 1. The fourth-order valence-corrected chi connectivity index (χ4v) is 1.92. The minimum absolute atomic E-state index is 0.0691. The number of nitrogens with one attached hydrogen (secondary N) is 1. The third kappa shape index (κ3) is 2.67. The number of carbonyl (C=O) groups excluding carboxylic acids is 1. The predicted molar refractivity (Wildman–Crippen MR) is 70.8 cm³/mol. The van der Waals surface area contributed by atoms with E-state index in [9.17, 15) is 14.9 Å². The van der Waals surface area contributed by atoms with Crippen LogP contribution in [0, 0.1) is 36.8 Å². The lowest BCUT2D eigenvalue weighted by atomic mass is 10.0. The van der Waals surface area contributed by atoms with Gasteiger partial charge in [0.25, 0.3) is 5.69 Å². The molecule has 0 heterocycles. The maximum atomic E-state index is 11.7. The van der Waals surface area contributed by atoms with Gasteiger partial charge in [0, 0.05) is 11.5 Å². The Bertz CT molecular complexity index is 507. The van der Waals surface area contributed by atoms with Gasteiger partial charge < -0.3 is 5.32 Å². The lowest BCUT2D eigenvalue weighted by Crippen LogP contribution is -2.19. The summed E-state index contributed by atoms with van der Waals surface area (Å²) in [5.74, 6) is -0.302. The van der Waals surface area contributed by atoms with E-state index in [1.165, 1.54) is 0 Å². The molecule has 0 aliphatic rings. The highest BCUT2D eigenvalue weighted by Gasteiger charge is 2.21. The van der Waals surface area contributed by atoms with Gasteiger partial charge in [-0.05, 0) is 32.4 Å². The Hall–Kier alpha value is -1.91. The second kappa shape index (κ2) is 5.16. The average Bonchev–Trinajstić information content (AvgIpc) is 2.22. The van der Waals surface area contributed by atoms with Crippen LogP contribution in [0.15, 0.2) is 6.07 Å². The van der Waals surface area contributed by atoms with Crippen molar-refractivity contribution in [2.24, 2.45) is 5.92 Å². The van der Waals surface area contributed by atoms with E-state index in [0.29, 0.717) is 16.8 Å². The summed E-state index contributed by atoms with van der Waals surface area (Å²) in [7, 11) is 0. The molecule has 0 aromatic heterocycles. The summed E-state index contributed by atoms with van der Waals surface area (Å²) < 4.78 is 0. The largest absolute Gasteiger partial charge is 0.325 e. The molecule has 0 spiro atoms. The molecule has 1 N–H and O–H groups in total. The summed E-state index contributed by atoms with van der Waals surface area (Å²) in [5, 5.41) is 13.8. The SMILES string of the molecule is Cc1cc(C)c([N+](=O)[O-])c(C)c1NC(=O)C(C)C. The number of hydrogen-bond acceptors (Lipinski definition) is 3. The van der Waals surface area contributed by atoms with Crippen LogP contribution in [0.2, 0.25) is 0 Å². The number of hydrogen-bond donors (Lipinski definition) is 1.